The third kappa shape index (κ3) is 12.4. The van der Waals surface area contributed by atoms with E-state index in [0.29, 0.717) is 12.8 Å². The summed E-state index contributed by atoms with van der Waals surface area (Å²) in [6, 6.07) is 0. The Labute approximate surface area is 258 Å². The quantitative estimate of drug-likeness (QED) is 0.0626. The molecule has 2 aliphatic rings. The molecule has 15 heteroatoms. The van der Waals surface area contributed by atoms with Crippen molar-refractivity contribution in [3.63, 3.8) is 0 Å². The molecule has 0 radical (unpaired) electrons. The molecule has 2 rings (SSSR count). The highest BCUT2D eigenvalue weighted by Crippen LogP contribution is 2.26. The summed E-state index contributed by atoms with van der Waals surface area (Å²) in [4.78, 5) is 24.7. The minimum absolute atomic E-state index is 0.159. The second kappa shape index (κ2) is 20.6. The van der Waals surface area contributed by atoms with Crippen LogP contribution in [0.2, 0.25) is 0 Å². The zero-order chi connectivity index (χ0) is 32.6. The smallest absolute Gasteiger partial charge is 0.306 e. The summed E-state index contributed by atoms with van der Waals surface area (Å²) in [6.45, 7) is 2.22. The van der Waals surface area contributed by atoms with Crippen LogP contribution >= 0.6 is 0 Å². The molecule has 258 valence electrons. The maximum Gasteiger partial charge on any atom is 0.306 e. The van der Waals surface area contributed by atoms with Gasteiger partial charge in [0.05, 0.1) is 19.8 Å². The molecule has 0 saturated carbocycles. The predicted molar refractivity (Wildman–Crippen MR) is 151 cm³/mol. The van der Waals surface area contributed by atoms with Crippen molar-refractivity contribution in [2.75, 3.05) is 26.4 Å². The lowest BCUT2D eigenvalue weighted by atomic mass is 9.98. The van der Waals surface area contributed by atoms with Crippen molar-refractivity contribution in [2.45, 2.75) is 146 Å². The minimum atomic E-state index is -1.75. The van der Waals surface area contributed by atoms with Gasteiger partial charge in [-0.3, -0.25) is 9.59 Å². The highest BCUT2D eigenvalue weighted by atomic mass is 16.7. The van der Waals surface area contributed by atoms with E-state index < -0.39 is 92.7 Å². The molecule has 0 aromatic rings. The summed E-state index contributed by atoms with van der Waals surface area (Å²) in [6.07, 6.45) is -9.40. The number of hydrogen-bond donors (Lipinski definition) is 7. The number of carbonyl (C=O) groups excluding carboxylic acids is 2. The van der Waals surface area contributed by atoms with Crippen molar-refractivity contribution in [1.82, 2.24) is 0 Å². The molecule has 0 aromatic carbocycles. The fourth-order valence-electron chi connectivity index (χ4n) is 4.80. The summed E-state index contributed by atoms with van der Waals surface area (Å²) >= 11 is 0. The summed E-state index contributed by atoms with van der Waals surface area (Å²) in [7, 11) is 0. The summed E-state index contributed by atoms with van der Waals surface area (Å²) in [5.74, 6) is -0.969. The van der Waals surface area contributed by atoms with Gasteiger partial charge in [-0.2, -0.15) is 0 Å². The molecule has 0 spiro atoms. The number of esters is 2. The molecule has 0 amide bonds. The minimum Gasteiger partial charge on any atom is -0.462 e. The molecule has 7 N–H and O–H groups in total. The van der Waals surface area contributed by atoms with Gasteiger partial charge in [0.1, 0.15) is 55.4 Å². The van der Waals surface area contributed by atoms with Gasteiger partial charge in [-0.25, -0.2) is 0 Å². The van der Waals surface area contributed by atoms with Crippen molar-refractivity contribution in [2.24, 2.45) is 0 Å². The molecular weight excluding hydrogens is 588 g/mol. The third-order valence-electron chi connectivity index (χ3n) is 7.59. The van der Waals surface area contributed by atoms with Crippen LogP contribution in [0.25, 0.3) is 0 Å². The first-order valence-corrected chi connectivity index (χ1v) is 15.6. The van der Waals surface area contributed by atoms with Crippen LogP contribution in [0.4, 0.5) is 0 Å². The van der Waals surface area contributed by atoms with E-state index in [1.807, 2.05) is 6.92 Å². The van der Waals surface area contributed by atoms with Crippen LogP contribution in [0.5, 0.6) is 0 Å². The Morgan fingerprint density at radius 2 is 1.16 bits per heavy atom. The van der Waals surface area contributed by atoms with Crippen LogP contribution in [-0.4, -0.2) is 142 Å². The van der Waals surface area contributed by atoms with E-state index >= 15 is 0 Å². The lowest BCUT2D eigenvalue weighted by Crippen LogP contribution is -2.61. The molecule has 0 bridgehead atoms. The molecule has 44 heavy (non-hydrogen) atoms. The molecular formula is C29H52O15. The molecule has 2 saturated heterocycles. The van der Waals surface area contributed by atoms with Gasteiger partial charge in [-0.05, 0) is 12.8 Å². The number of rotatable bonds is 20. The van der Waals surface area contributed by atoms with Crippen molar-refractivity contribution < 1.29 is 73.8 Å². The predicted octanol–water partition coefficient (Wildman–Crippen LogP) is -0.977. The van der Waals surface area contributed by atoms with Crippen LogP contribution in [0, 0.1) is 0 Å². The first-order chi connectivity index (χ1) is 21.0. The van der Waals surface area contributed by atoms with Crippen LogP contribution in [0.15, 0.2) is 0 Å². The lowest BCUT2D eigenvalue weighted by Gasteiger charge is -2.42. The van der Waals surface area contributed by atoms with Crippen molar-refractivity contribution >= 4 is 11.9 Å². The second-order valence-corrected chi connectivity index (χ2v) is 11.3. The van der Waals surface area contributed by atoms with Gasteiger partial charge < -0.3 is 64.2 Å². The molecule has 0 unspecified atom stereocenters. The standard InChI is InChI=1S/C29H52O15/c1-3-5-7-9-11-20(31)39-14-17(42-21(32)12-10-8-6-4-2)15-40-28-27(38)25(36)23(34)19(44-28)16-41-29-26(37)24(35)22(33)18(13-30)43-29/h17-19,22-30,33-38H,3-16H2,1-2H3/t17-,18-,19-,22+,23+,24+,25+,26-,27-,28-,29+/m1/s1. The lowest BCUT2D eigenvalue weighted by molar-refractivity contribution is -0.332. The zero-order valence-electron chi connectivity index (χ0n) is 25.6. The maximum absolute atomic E-state index is 12.4. The zero-order valence-corrected chi connectivity index (χ0v) is 25.6. The second-order valence-electron chi connectivity index (χ2n) is 11.3. The van der Waals surface area contributed by atoms with Gasteiger partial charge in [0.25, 0.3) is 0 Å². The fourth-order valence-corrected chi connectivity index (χ4v) is 4.80. The van der Waals surface area contributed by atoms with E-state index in [1.54, 1.807) is 0 Å². The maximum atomic E-state index is 12.4. The summed E-state index contributed by atoms with van der Waals surface area (Å²) in [5, 5.41) is 70.8. The molecule has 2 aliphatic heterocycles. The van der Waals surface area contributed by atoms with Crippen LogP contribution < -0.4 is 0 Å². The Bertz CT molecular complexity index is 814. The number of aliphatic hydroxyl groups is 7. The van der Waals surface area contributed by atoms with Gasteiger partial charge in [-0.15, -0.1) is 0 Å². The van der Waals surface area contributed by atoms with Crippen LogP contribution in [-0.2, 0) is 38.0 Å². The highest BCUT2D eigenvalue weighted by molar-refractivity contribution is 5.70. The Hall–Kier alpha value is -1.50. The first kappa shape index (κ1) is 38.7. The Morgan fingerprint density at radius 1 is 0.636 bits per heavy atom. The number of hydrogen-bond acceptors (Lipinski definition) is 15. The van der Waals surface area contributed by atoms with Gasteiger partial charge in [0.15, 0.2) is 18.7 Å². The molecule has 11 atom stereocenters. The SMILES string of the molecule is CCCCCCC(=O)OC[C@H](CO[C@@H]1O[C@H](CO[C@H]2O[C@H](CO)[C@H](O)[C@H](O)[C@H]2O)[C@H](O)[C@H](O)[C@H]1O)OC(=O)CCCCCC. The monoisotopic (exact) mass is 640 g/mol. The van der Waals surface area contributed by atoms with Crippen molar-refractivity contribution in [1.29, 1.82) is 0 Å². The molecule has 15 nitrogen and oxygen atoms in total. The molecule has 2 heterocycles. The van der Waals surface area contributed by atoms with E-state index in [0.717, 1.165) is 38.5 Å². The van der Waals surface area contributed by atoms with Gasteiger partial charge >= 0.3 is 11.9 Å². The Kier molecular flexibility index (Phi) is 18.1. The summed E-state index contributed by atoms with van der Waals surface area (Å²) in [5.41, 5.74) is 0. The number of unbranched alkanes of at least 4 members (excludes halogenated alkanes) is 6. The fraction of sp³-hybridized carbons (Fsp3) is 0.931. The Balaban J connectivity index is 1.98. The summed E-state index contributed by atoms with van der Waals surface area (Å²) < 4.78 is 32.7. The van der Waals surface area contributed by atoms with E-state index in [1.165, 1.54) is 0 Å². The largest absolute Gasteiger partial charge is 0.462 e. The topological polar surface area (TPSA) is 231 Å². The Morgan fingerprint density at radius 3 is 1.73 bits per heavy atom. The van der Waals surface area contributed by atoms with Crippen molar-refractivity contribution in [3.05, 3.63) is 0 Å². The average Bonchev–Trinajstić information content (AvgIpc) is 3.01. The number of aliphatic hydroxyl groups excluding tert-OH is 7. The third-order valence-corrected chi connectivity index (χ3v) is 7.59. The molecule has 0 aliphatic carbocycles. The van der Waals surface area contributed by atoms with Crippen LogP contribution in [0.1, 0.15) is 78.1 Å². The first-order valence-electron chi connectivity index (χ1n) is 15.6. The van der Waals surface area contributed by atoms with E-state index in [-0.39, 0.29) is 26.1 Å². The van der Waals surface area contributed by atoms with Gasteiger partial charge in [0.2, 0.25) is 0 Å². The average molecular weight is 641 g/mol. The number of carbonyl (C=O) groups is 2. The highest BCUT2D eigenvalue weighted by Gasteiger charge is 2.47. The van der Waals surface area contributed by atoms with E-state index in [9.17, 15) is 45.3 Å². The van der Waals surface area contributed by atoms with Crippen molar-refractivity contribution in [3.8, 4) is 0 Å². The van der Waals surface area contributed by atoms with Crippen LogP contribution in [0.3, 0.4) is 0 Å². The molecule has 2 fully saturated rings. The normalized spacial score (nSPS) is 33.1. The molecule has 0 aromatic heterocycles. The van der Waals surface area contributed by atoms with Gasteiger partial charge in [-0.1, -0.05) is 52.4 Å². The van der Waals surface area contributed by atoms with E-state index in [4.69, 9.17) is 28.4 Å². The van der Waals surface area contributed by atoms with E-state index in [2.05, 4.69) is 6.92 Å². The number of ether oxygens (including phenoxy) is 6. The van der Waals surface area contributed by atoms with Gasteiger partial charge in [0, 0.05) is 12.8 Å².